The summed E-state index contributed by atoms with van der Waals surface area (Å²) in [6.07, 6.45) is 0.933. The first-order valence-electron chi connectivity index (χ1n) is 6.21. The maximum atomic E-state index is 12.1. The van der Waals surface area contributed by atoms with Gasteiger partial charge in [0.25, 0.3) is 10.2 Å². The molecule has 17 heavy (non-hydrogen) atoms. The molecule has 100 valence electrons. The van der Waals surface area contributed by atoms with E-state index < -0.39 is 10.2 Å². The number of hydrogen-bond donors (Lipinski definition) is 0. The Morgan fingerprint density at radius 1 is 1.12 bits per heavy atom. The van der Waals surface area contributed by atoms with Crippen LogP contribution in [-0.2, 0) is 10.2 Å². The van der Waals surface area contributed by atoms with E-state index in [0.717, 1.165) is 19.5 Å². The predicted octanol–water partition coefficient (Wildman–Crippen LogP) is 0.351. The van der Waals surface area contributed by atoms with Crippen LogP contribution in [0, 0.1) is 0 Å². The second kappa shape index (κ2) is 4.19. The van der Waals surface area contributed by atoms with Crippen LogP contribution < -0.4 is 0 Å². The summed E-state index contributed by atoms with van der Waals surface area (Å²) in [5, 5.41) is 0. The van der Waals surface area contributed by atoms with Crippen molar-refractivity contribution < 1.29 is 8.42 Å². The fourth-order valence-electron chi connectivity index (χ4n) is 2.61. The number of rotatable bonds is 0. The lowest BCUT2D eigenvalue weighted by atomic mass is 10.0. The van der Waals surface area contributed by atoms with Crippen molar-refractivity contribution in [2.45, 2.75) is 38.8 Å². The molecule has 2 saturated heterocycles. The lowest BCUT2D eigenvalue weighted by Crippen LogP contribution is -2.64. The molecule has 2 heterocycles. The smallest absolute Gasteiger partial charge is 0.282 e. The highest BCUT2D eigenvalue weighted by Crippen LogP contribution is 2.27. The van der Waals surface area contributed by atoms with Crippen LogP contribution in [0.4, 0.5) is 0 Å². The Labute approximate surface area is 105 Å². The highest BCUT2D eigenvalue weighted by atomic mass is 32.2. The summed E-state index contributed by atoms with van der Waals surface area (Å²) >= 11 is 0. The summed E-state index contributed by atoms with van der Waals surface area (Å²) in [6, 6.07) is 0.157. The van der Waals surface area contributed by atoms with Gasteiger partial charge in [-0.25, -0.2) is 0 Å². The van der Waals surface area contributed by atoms with Crippen molar-refractivity contribution in [2.75, 3.05) is 33.2 Å². The standard InChI is InChI=1S/C11H23N3O2S/c1-11(2,3)13-7-8-14-10(9-13)5-6-12(4)17(14,15)16/h10H,5-9H2,1-4H3/t10-/m0/s1. The minimum atomic E-state index is -3.19. The minimum Gasteiger partial charge on any atom is -0.296 e. The Balaban J connectivity index is 2.15. The third-order valence-electron chi connectivity index (χ3n) is 3.84. The zero-order valence-corrected chi connectivity index (χ0v) is 12.0. The zero-order valence-electron chi connectivity index (χ0n) is 11.2. The fraction of sp³-hybridized carbons (Fsp3) is 1.00. The summed E-state index contributed by atoms with van der Waals surface area (Å²) in [6.45, 7) is 9.50. The Morgan fingerprint density at radius 2 is 1.76 bits per heavy atom. The average Bonchev–Trinajstić information content (AvgIpc) is 2.22. The Bertz CT molecular complexity index is 388. The fourth-order valence-corrected chi connectivity index (χ4v) is 4.17. The first-order chi connectivity index (χ1) is 7.73. The van der Waals surface area contributed by atoms with E-state index in [4.69, 9.17) is 0 Å². The van der Waals surface area contributed by atoms with Gasteiger partial charge >= 0.3 is 0 Å². The first-order valence-corrected chi connectivity index (χ1v) is 7.61. The Morgan fingerprint density at radius 3 is 2.35 bits per heavy atom. The lowest BCUT2D eigenvalue weighted by Gasteiger charge is -2.49. The Kier molecular flexibility index (Phi) is 3.27. The molecule has 0 aliphatic carbocycles. The first kappa shape index (κ1) is 13.3. The monoisotopic (exact) mass is 261 g/mol. The molecule has 0 unspecified atom stereocenters. The summed E-state index contributed by atoms with van der Waals surface area (Å²) < 4.78 is 27.4. The quantitative estimate of drug-likeness (QED) is 0.632. The molecule has 2 fully saturated rings. The van der Waals surface area contributed by atoms with E-state index in [2.05, 4.69) is 25.7 Å². The van der Waals surface area contributed by atoms with Crippen LogP contribution in [-0.4, -0.2) is 66.7 Å². The third-order valence-corrected chi connectivity index (χ3v) is 5.89. The highest BCUT2D eigenvalue weighted by Gasteiger charge is 2.42. The van der Waals surface area contributed by atoms with Crippen LogP contribution in [0.15, 0.2) is 0 Å². The van der Waals surface area contributed by atoms with Crippen molar-refractivity contribution in [1.29, 1.82) is 0 Å². The van der Waals surface area contributed by atoms with Crippen molar-refractivity contribution in [3.8, 4) is 0 Å². The van der Waals surface area contributed by atoms with E-state index in [9.17, 15) is 8.42 Å². The van der Waals surface area contributed by atoms with Crippen molar-refractivity contribution in [3.05, 3.63) is 0 Å². The van der Waals surface area contributed by atoms with Crippen molar-refractivity contribution in [2.24, 2.45) is 0 Å². The van der Waals surface area contributed by atoms with E-state index in [1.54, 1.807) is 11.4 Å². The SMILES string of the molecule is CN1CC[C@H]2CN(C(C)(C)C)CCN2S1(=O)=O. The average molecular weight is 261 g/mol. The lowest BCUT2D eigenvalue weighted by molar-refractivity contribution is 0.0455. The van der Waals surface area contributed by atoms with Gasteiger partial charge in [-0.15, -0.1) is 0 Å². The van der Waals surface area contributed by atoms with Gasteiger partial charge in [-0.05, 0) is 27.2 Å². The third kappa shape index (κ3) is 2.36. The van der Waals surface area contributed by atoms with Crippen molar-refractivity contribution in [1.82, 2.24) is 13.5 Å². The van der Waals surface area contributed by atoms with Gasteiger partial charge in [0.1, 0.15) is 0 Å². The van der Waals surface area contributed by atoms with E-state index in [-0.39, 0.29) is 11.6 Å². The molecular weight excluding hydrogens is 238 g/mol. The predicted molar refractivity (Wildman–Crippen MR) is 68.0 cm³/mol. The second-order valence-electron chi connectivity index (χ2n) is 6.00. The summed E-state index contributed by atoms with van der Waals surface area (Å²) in [4.78, 5) is 2.38. The molecule has 2 aliphatic rings. The molecule has 0 spiro atoms. The summed E-state index contributed by atoms with van der Waals surface area (Å²) in [5.41, 5.74) is 0.124. The van der Waals surface area contributed by atoms with E-state index in [0.29, 0.717) is 13.1 Å². The van der Waals surface area contributed by atoms with Gasteiger partial charge in [-0.3, -0.25) is 4.90 Å². The molecule has 0 aromatic rings. The van der Waals surface area contributed by atoms with Crippen LogP contribution in [0.25, 0.3) is 0 Å². The molecular formula is C11H23N3O2S. The normalized spacial score (nSPS) is 32.4. The van der Waals surface area contributed by atoms with Gasteiger partial charge in [0, 0.05) is 44.8 Å². The maximum absolute atomic E-state index is 12.1. The molecule has 0 N–H and O–H groups in total. The number of piperazine rings is 1. The van der Waals surface area contributed by atoms with Crippen LogP contribution in [0.5, 0.6) is 0 Å². The topological polar surface area (TPSA) is 43.9 Å². The van der Waals surface area contributed by atoms with Crippen molar-refractivity contribution in [3.63, 3.8) is 0 Å². The molecule has 5 nitrogen and oxygen atoms in total. The molecule has 1 atom stereocenters. The molecule has 0 saturated carbocycles. The van der Waals surface area contributed by atoms with Crippen LogP contribution >= 0.6 is 0 Å². The van der Waals surface area contributed by atoms with Gasteiger partial charge in [0.2, 0.25) is 0 Å². The largest absolute Gasteiger partial charge is 0.296 e. The van der Waals surface area contributed by atoms with Gasteiger partial charge in [-0.2, -0.15) is 17.0 Å². The number of hydrogen-bond acceptors (Lipinski definition) is 3. The zero-order chi connectivity index (χ0) is 12.8. The van der Waals surface area contributed by atoms with Gasteiger partial charge < -0.3 is 0 Å². The Hall–Kier alpha value is -0.170. The van der Waals surface area contributed by atoms with Gasteiger partial charge in [-0.1, -0.05) is 0 Å². The molecule has 0 amide bonds. The number of nitrogens with zero attached hydrogens (tertiary/aromatic N) is 3. The highest BCUT2D eigenvalue weighted by molar-refractivity contribution is 7.86. The summed E-state index contributed by atoms with van der Waals surface area (Å²) in [5.74, 6) is 0. The van der Waals surface area contributed by atoms with E-state index >= 15 is 0 Å². The molecule has 2 rings (SSSR count). The number of fused-ring (bicyclic) bond motifs is 1. The molecule has 2 aliphatic heterocycles. The summed E-state index contributed by atoms with van der Waals surface area (Å²) in [7, 11) is -1.52. The van der Waals surface area contributed by atoms with Gasteiger partial charge in [0.15, 0.2) is 0 Å². The molecule has 0 radical (unpaired) electrons. The molecule has 0 bridgehead atoms. The maximum Gasteiger partial charge on any atom is 0.282 e. The molecule has 0 aromatic carbocycles. The van der Waals surface area contributed by atoms with E-state index in [1.165, 1.54) is 4.31 Å². The molecule has 0 aromatic heterocycles. The second-order valence-corrected chi connectivity index (χ2v) is 7.99. The van der Waals surface area contributed by atoms with Crippen LogP contribution in [0.2, 0.25) is 0 Å². The van der Waals surface area contributed by atoms with Crippen molar-refractivity contribution >= 4 is 10.2 Å². The van der Waals surface area contributed by atoms with Gasteiger partial charge in [0.05, 0.1) is 0 Å². The minimum absolute atomic E-state index is 0.124. The van der Waals surface area contributed by atoms with Crippen LogP contribution in [0.1, 0.15) is 27.2 Å². The molecule has 6 heteroatoms. The van der Waals surface area contributed by atoms with Crippen LogP contribution in [0.3, 0.4) is 0 Å². The van der Waals surface area contributed by atoms with E-state index in [1.807, 2.05) is 0 Å².